The number of fused-ring (bicyclic) bond motifs is 3. The molecule has 6 heterocycles. The molecule has 420 valence electrons. The van der Waals surface area contributed by atoms with Crippen LogP contribution in [0.15, 0.2) is 117 Å². The van der Waals surface area contributed by atoms with Gasteiger partial charge in [-0.3, -0.25) is 0 Å². The molecule has 79 heavy (non-hydrogen) atoms. The summed E-state index contributed by atoms with van der Waals surface area (Å²) in [6, 6.07) is 31.1. The number of nitrogens with two attached hydrogens (primary N) is 3. The number of benzene rings is 3. The SMILES string of the molecule is CC1(C)OB(c2cccs2)OC1(C)C.Nc1cc(Cl)c2ccc(Br)cc2n1.Nc1cc(OCC2(CO)CCC2)c2ccc(-c3cccs3)cc2n1.Nc1cc(OCC2(CO)CCC2)c2ccc(Br)cc2n1.OCC1(CO)CCC1. The fourth-order valence-corrected chi connectivity index (χ4v) is 11.7. The molecule has 4 fully saturated rings. The zero-order valence-corrected chi connectivity index (χ0v) is 50.6. The Hall–Kier alpha value is -4.64. The molecule has 10 N–H and O–H groups in total. The fourth-order valence-electron chi connectivity index (χ4n) is 9.36. The van der Waals surface area contributed by atoms with Crippen molar-refractivity contribution in [1.29, 1.82) is 0 Å². The summed E-state index contributed by atoms with van der Waals surface area (Å²) in [5.41, 5.74) is 20.3. The van der Waals surface area contributed by atoms with Crippen LogP contribution in [0.5, 0.6) is 11.5 Å². The lowest BCUT2D eigenvalue weighted by molar-refractivity contribution is -0.00908. The number of rotatable bonds is 12. The lowest BCUT2D eigenvalue weighted by Gasteiger charge is -2.39. The molecule has 1 saturated heterocycles. The molecule has 0 atom stereocenters. The number of aromatic nitrogens is 3. The number of pyridine rings is 3. The van der Waals surface area contributed by atoms with Gasteiger partial charge < -0.3 is 56.4 Å². The molecule has 1 aliphatic heterocycles. The van der Waals surface area contributed by atoms with Gasteiger partial charge in [0, 0.05) is 63.1 Å². The summed E-state index contributed by atoms with van der Waals surface area (Å²) in [5.74, 6) is 2.81. The van der Waals surface area contributed by atoms with Gasteiger partial charge in [0.05, 0.1) is 72.4 Å². The van der Waals surface area contributed by atoms with Gasteiger partial charge in [0.2, 0.25) is 0 Å². The highest BCUT2D eigenvalue weighted by atomic mass is 79.9. The van der Waals surface area contributed by atoms with Crippen molar-refractivity contribution in [3.63, 3.8) is 0 Å². The maximum absolute atomic E-state index is 9.61. The zero-order valence-electron chi connectivity index (χ0n) is 45.0. The van der Waals surface area contributed by atoms with Crippen molar-refractivity contribution < 1.29 is 39.2 Å². The van der Waals surface area contributed by atoms with Crippen molar-refractivity contribution in [3.8, 4) is 21.9 Å². The summed E-state index contributed by atoms with van der Waals surface area (Å²) in [4.78, 5) is 14.1. The molecule has 12 rings (SSSR count). The van der Waals surface area contributed by atoms with Crippen LogP contribution in [0.4, 0.5) is 17.5 Å². The number of thiophene rings is 2. The molecule has 0 spiro atoms. The van der Waals surface area contributed by atoms with Gasteiger partial charge in [0.15, 0.2) is 0 Å². The molecule has 0 unspecified atom stereocenters. The third kappa shape index (κ3) is 14.7. The van der Waals surface area contributed by atoms with Crippen molar-refractivity contribution in [2.24, 2.45) is 16.2 Å². The third-order valence-corrected chi connectivity index (χ3v) is 18.9. The first-order valence-electron chi connectivity index (χ1n) is 26.4. The molecule has 3 aromatic carbocycles. The third-order valence-electron chi connectivity index (χ3n) is 15.8. The second-order valence-corrected chi connectivity index (χ2v) is 26.2. The highest BCUT2D eigenvalue weighted by Gasteiger charge is 2.52. The predicted octanol–water partition coefficient (Wildman–Crippen LogP) is 12.6. The minimum atomic E-state index is -0.234. The Kier molecular flexibility index (Phi) is 20.0. The van der Waals surface area contributed by atoms with Crippen molar-refractivity contribution in [2.75, 3.05) is 56.8 Å². The van der Waals surface area contributed by atoms with Crippen LogP contribution in [-0.4, -0.2) is 93.3 Å². The number of aliphatic hydroxyl groups excluding tert-OH is 4. The quantitative estimate of drug-likeness (QED) is 0.0564. The fraction of sp³-hybridized carbons (Fsp3) is 0.407. The molecule has 3 saturated carbocycles. The number of halogens is 3. The van der Waals surface area contributed by atoms with Crippen LogP contribution < -0.4 is 31.5 Å². The Morgan fingerprint density at radius 3 is 1.41 bits per heavy atom. The predicted molar refractivity (Wildman–Crippen MR) is 330 cm³/mol. The Bertz CT molecular complexity index is 3260. The molecular formula is C59H70BBr2ClN6O8S2. The topological polar surface area (TPSA) is 235 Å². The first-order valence-corrected chi connectivity index (χ1v) is 30.1. The van der Waals surface area contributed by atoms with Crippen LogP contribution in [0.2, 0.25) is 5.02 Å². The largest absolute Gasteiger partial charge is 0.505 e. The van der Waals surface area contributed by atoms with Crippen LogP contribution in [0, 0.1) is 16.2 Å². The van der Waals surface area contributed by atoms with E-state index < -0.39 is 0 Å². The summed E-state index contributed by atoms with van der Waals surface area (Å²) in [7, 11) is -0.194. The van der Waals surface area contributed by atoms with Crippen molar-refractivity contribution in [3.05, 3.63) is 122 Å². The van der Waals surface area contributed by atoms with Crippen molar-refractivity contribution >= 4 is 128 Å². The summed E-state index contributed by atoms with van der Waals surface area (Å²) in [5, 5.41) is 44.0. The lowest BCUT2D eigenvalue weighted by Crippen LogP contribution is -2.41. The van der Waals surface area contributed by atoms with Gasteiger partial charge in [0.1, 0.15) is 29.0 Å². The number of nitrogens with zero attached hydrogens (tertiary/aromatic N) is 3. The monoisotopic (exact) mass is 1260 g/mol. The maximum atomic E-state index is 9.61. The zero-order chi connectivity index (χ0) is 56.6. The summed E-state index contributed by atoms with van der Waals surface area (Å²) >= 11 is 16.1. The van der Waals surface area contributed by atoms with Gasteiger partial charge in [-0.15, -0.1) is 11.3 Å². The number of hydrogen-bond donors (Lipinski definition) is 7. The van der Waals surface area contributed by atoms with Gasteiger partial charge in [-0.2, -0.15) is 11.3 Å². The van der Waals surface area contributed by atoms with E-state index in [2.05, 4.69) is 98.1 Å². The lowest BCUT2D eigenvalue weighted by atomic mass is 9.70. The van der Waals surface area contributed by atoms with Crippen LogP contribution in [0.1, 0.15) is 85.5 Å². The maximum Gasteiger partial charge on any atom is 0.505 e. The molecule has 5 aromatic heterocycles. The van der Waals surface area contributed by atoms with Crippen molar-refractivity contribution in [2.45, 2.75) is 96.7 Å². The second-order valence-electron chi connectivity index (χ2n) is 22.0. The van der Waals surface area contributed by atoms with E-state index in [-0.39, 0.29) is 61.0 Å². The molecular weight excluding hydrogens is 1190 g/mol. The van der Waals surface area contributed by atoms with Crippen LogP contribution in [-0.2, 0) is 9.31 Å². The Morgan fingerprint density at radius 1 is 0.557 bits per heavy atom. The van der Waals surface area contributed by atoms with E-state index in [1.165, 1.54) is 11.3 Å². The highest BCUT2D eigenvalue weighted by Crippen LogP contribution is 2.44. The van der Waals surface area contributed by atoms with E-state index in [1.807, 2.05) is 66.0 Å². The molecule has 0 radical (unpaired) electrons. The summed E-state index contributed by atoms with van der Waals surface area (Å²) in [6.07, 6.45) is 9.57. The molecule has 14 nitrogen and oxygen atoms in total. The first kappa shape index (κ1) is 60.5. The summed E-state index contributed by atoms with van der Waals surface area (Å²) < 4.78 is 26.9. The smallest absolute Gasteiger partial charge is 0.492 e. The minimum Gasteiger partial charge on any atom is -0.492 e. The molecule has 0 amide bonds. The molecule has 8 aromatic rings. The van der Waals surface area contributed by atoms with E-state index in [1.54, 1.807) is 40.9 Å². The van der Waals surface area contributed by atoms with E-state index in [0.29, 0.717) is 35.7 Å². The van der Waals surface area contributed by atoms with Crippen molar-refractivity contribution in [1.82, 2.24) is 15.0 Å². The molecule has 0 bridgehead atoms. The van der Waals surface area contributed by atoms with E-state index in [0.717, 1.165) is 115 Å². The van der Waals surface area contributed by atoms with Gasteiger partial charge in [-0.05, 0) is 137 Å². The van der Waals surface area contributed by atoms with Crippen LogP contribution in [0.3, 0.4) is 0 Å². The standard InChI is InChI=1S/C19H20N2O2S.C15H17BrN2O2.C10H15BO2S.C9H6BrClN2.C6H12O2/c20-18-10-16(23-12-19(11-22)6-2-7-19)14-5-4-13(9-15(14)21-18)17-3-1-8-24-17;16-10-2-3-11-12(6-10)18-14(17)7-13(11)20-9-15(8-19)4-1-5-15;1-9(2)10(3,4)13-11(12-9)8-6-5-7-14-8;10-5-1-2-6-7(11)4-9(12)13-8(6)3-5;7-4-6(5-8)2-1-3-6/h1,3-5,8-10,22H,2,6-7,11-12H2,(H2,20,21);2-3,6-7,19H,1,4-5,8-9H2,(H2,17,18);5-7H,1-4H3;1-4H,(H2,12,13);7-8H,1-5H2. The highest BCUT2D eigenvalue weighted by molar-refractivity contribution is 9.10. The number of nitrogen functional groups attached to an aromatic ring is 3. The van der Waals surface area contributed by atoms with Crippen LogP contribution in [0.25, 0.3) is 43.1 Å². The number of ether oxygens (including phenoxy) is 2. The Labute approximate surface area is 492 Å². The van der Waals surface area contributed by atoms with E-state index >= 15 is 0 Å². The van der Waals surface area contributed by atoms with Gasteiger partial charge in [0.25, 0.3) is 0 Å². The average Bonchev–Trinajstić information content (AvgIpc) is 4.21. The first-order chi connectivity index (χ1) is 37.7. The minimum absolute atomic E-state index is 0.0697. The Balaban J connectivity index is 0.000000136. The average molecular weight is 1260 g/mol. The van der Waals surface area contributed by atoms with Crippen LogP contribution >= 0.6 is 66.1 Å². The number of hydrogen-bond acceptors (Lipinski definition) is 16. The second kappa shape index (κ2) is 26.1. The van der Waals surface area contributed by atoms with Gasteiger partial charge >= 0.3 is 7.12 Å². The normalized spacial score (nSPS) is 17.7. The summed E-state index contributed by atoms with van der Waals surface area (Å²) in [6.45, 7) is 9.99. The number of aliphatic hydroxyl groups is 4. The van der Waals surface area contributed by atoms with Gasteiger partial charge in [-0.1, -0.05) is 93.1 Å². The molecule has 3 aliphatic carbocycles. The van der Waals surface area contributed by atoms with E-state index in [9.17, 15) is 10.2 Å². The van der Waals surface area contributed by atoms with E-state index in [4.69, 9.17) is 57.8 Å². The Morgan fingerprint density at radius 2 is 0.987 bits per heavy atom. The molecule has 20 heteroatoms. The van der Waals surface area contributed by atoms with Gasteiger partial charge in [-0.25, -0.2) is 15.0 Å². The molecule has 4 aliphatic rings. The number of anilines is 3.